The van der Waals surface area contributed by atoms with Crippen molar-refractivity contribution in [1.29, 1.82) is 0 Å². The lowest BCUT2D eigenvalue weighted by molar-refractivity contribution is -0.0479. The van der Waals surface area contributed by atoms with Gasteiger partial charge in [0, 0.05) is 0 Å². The maximum Gasteiger partial charge on any atom is 0.100 e. The molecule has 15 heavy (non-hydrogen) atoms. The summed E-state index contributed by atoms with van der Waals surface area (Å²) in [6.07, 6.45) is 6.20. The van der Waals surface area contributed by atoms with Gasteiger partial charge >= 0.3 is 0 Å². The zero-order valence-electron chi connectivity index (χ0n) is 10.4. The van der Waals surface area contributed by atoms with Crippen LogP contribution < -0.4 is 0 Å². The van der Waals surface area contributed by atoms with Crippen LogP contribution in [-0.4, -0.2) is 6.17 Å². The van der Waals surface area contributed by atoms with Crippen LogP contribution in [0.3, 0.4) is 0 Å². The molecule has 1 heteroatoms. The molecule has 0 radical (unpaired) electrons. The monoisotopic (exact) mass is 212 g/mol. The van der Waals surface area contributed by atoms with E-state index in [-0.39, 0.29) is 0 Å². The molecule has 0 N–H and O–H groups in total. The van der Waals surface area contributed by atoms with Gasteiger partial charge in [0.05, 0.1) is 0 Å². The highest BCUT2D eigenvalue weighted by molar-refractivity contribution is 4.97. The molecule has 2 fully saturated rings. The summed E-state index contributed by atoms with van der Waals surface area (Å²) in [5, 5.41) is 0. The first-order valence-corrected chi connectivity index (χ1v) is 6.72. The Hall–Kier alpha value is -0.0700. The third-order valence-electron chi connectivity index (χ3n) is 5.63. The first-order valence-electron chi connectivity index (χ1n) is 6.72. The number of hydrogen-bond acceptors (Lipinski definition) is 0. The molecule has 0 aliphatic heterocycles. The van der Waals surface area contributed by atoms with Crippen LogP contribution in [0.4, 0.5) is 4.39 Å². The summed E-state index contributed by atoms with van der Waals surface area (Å²) in [7, 11) is 0. The molecule has 0 aromatic rings. The van der Waals surface area contributed by atoms with E-state index in [1.165, 1.54) is 19.3 Å². The smallest absolute Gasteiger partial charge is 0.100 e. The van der Waals surface area contributed by atoms with Gasteiger partial charge in [-0.05, 0) is 55.3 Å². The van der Waals surface area contributed by atoms with E-state index in [0.717, 1.165) is 31.1 Å². The van der Waals surface area contributed by atoms with Gasteiger partial charge in [-0.3, -0.25) is 0 Å². The number of fused-ring (bicyclic) bond motifs is 1. The first kappa shape index (κ1) is 11.4. The van der Waals surface area contributed by atoms with Gasteiger partial charge in [0.1, 0.15) is 6.17 Å². The van der Waals surface area contributed by atoms with Gasteiger partial charge in [0.2, 0.25) is 0 Å². The molecular weight excluding hydrogens is 187 g/mol. The van der Waals surface area contributed by atoms with Gasteiger partial charge in [-0.15, -0.1) is 0 Å². The topological polar surface area (TPSA) is 0 Å². The Balaban J connectivity index is 2.14. The third-order valence-corrected chi connectivity index (χ3v) is 5.63. The standard InChI is InChI=1S/C14H25F/c1-4-11-5-6-12-9-13(15)7-8-14(12,3)10(11)2/h10-13H,4-9H2,1-3H3/t10?,11?,12?,13-,14+/m0/s1. The van der Waals surface area contributed by atoms with Crippen molar-refractivity contribution in [2.24, 2.45) is 23.2 Å². The number of hydrogen-bond donors (Lipinski definition) is 0. The predicted molar refractivity (Wildman–Crippen MR) is 62.5 cm³/mol. The highest BCUT2D eigenvalue weighted by Crippen LogP contribution is 2.55. The molecular formula is C14H25F. The van der Waals surface area contributed by atoms with Crippen molar-refractivity contribution in [3.8, 4) is 0 Å². The summed E-state index contributed by atoms with van der Waals surface area (Å²) < 4.78 is 13.4. The molecule has 88 valence electrons. The van der Waals surface area contributed by atoms with Crippen LogP contribution in [0.5, 0.6) is 0 Å². The quantitative estimate of drug-likeness (QED) is 0.596. The minimum absolute atomic E-state index is 0.446. The summed E-state index contributed by atoms with van der Waals surface area (Å²) in [5.41, 5.74) is 0.446. The van der Waals surface area contributed by atoms with Gasteiger partial charge in [-0.1, -0.05) is 27.2 Å². The molecule has 0 aromatic carbocycles. The molecule has 0 heterocycles. The molecule has 0 bridgehead atoms. The molecule has 0 saturated heterocycles. The fourth-order valence-electron chi connectivity index (χ4n) is 4.18. The molecule has 5 atom stereocenters. The lowest BCUT2D eigenvalue weighted by atomic mass is 9.52. The van der Waals surface area contributed by atoms with E-state index in [1.54, 1.807) is 0 Å². The Morgan fingerprint density at radius 3 is 2.67 bits per heavy atom. The van der Waals surface area contributed by atoms with E-state index in [4.69, 9.17) is 0 Å². The first-order chi connectivity index (χ1) is 7.08. The van der Waals surface area contributed by atoms with Crippen molar-refractivity contribution < 1.29 is 4.39 Å². The molecule has 2 aliphatic rings. The summed E-state index contributed by atoms with van der Waals surface area (Å²) in [6.45, 7) is 7.15. The van der Waals surface area contributed by atoms with E-state index in [2.05, 4.69) is 20.8 Å². The van der Waals surface area contributed by atoms with Crippen LogP contribution in [0.15, 0.2) is 0 Å². The van der Waals surface area contributed by atoms with Crippen LogP contribution in [0.1, 0.15) is 59.3 Å². The van der Waals surface area contributed by atoms with E-state index >= 15 is 0 Å². The van der Waals surface area contributed by atoms with Gasteiger partial charge < -0.3 is 0 Å². The third kappa shape index (κ3) is 1.83. The molecule has 3 unspecified atom stereocenters. The summed E-state index contributed by atoms with van der Waals surface area (Å²) in [6, 6.07) is 0. The SMILES string of the molecule is CCC1CCC2C[C@@H](F)CC[C@]2(C)C1C. The molecule has 2 aliphatic carbocycles. The second kappa shape index (κ2) is 4.07. The van der Waals surface area contributed by atoms with Crippen molar-refractivity contribution in [1.82, 2.24) is 0 Å². The number of halogens is 1. The van der Waals surface area contributed by atoms with Gasteiger partial charge in [-0.2, -0.15) is 0 Å². The van der Waals surface area contributed by atoms with Gasteiger partial charge in [-0.25, -0.2) is 4.39 Å². The Labute approximate surface area is 93.6 Å². The normalized spacial score (nSPS) is 51.2. The van der Waals surface area contributed by atoms with Crippen LogP contribution in [-0.2, 0) is 0 Å². The van der Waals surface area contributed by atoms with Crippen LogP contribution >= 0.6 is 0 Å². The Bertz CT molecular complexity index is 221. The lowest BCUT2D eigenvalue weighted by Crippen LogP contribution is -2.46. The van der Waals surface area contributed by atoms with Crippen molar-refractivity contribution in [3.05, 3.63) is 0 Å². The summed E-state index contributed by atoms with van der Waals surface area (Å²) in [5.74, 6) is 2.36. The molecule has 0 nitrogen and oxygen atoms in total. The van der Waals surface area contributed by atoms with E-state index in [1.807, 2.05) is 0 Å². The summed E-state index contributed by atoms with van der Waals surface area (Å²) in [4.78, 5) is 0. The number of rotatable bonds is 1. The maximum absolute atomic E-state index is 13.4. The number of alkyl halides is 1. The predicted octanol–water partition coefficient (Wildman–Crippen LogP) is 4.59. The molecule has 0 amide bonds. The average molecular weight is 212 g/mol. The fraction of sp³-hybridized carbons (Fsp3) is 1.00. The second-order valence-corrected chi connectivity index (χ2v) is 6.11. The molecule has 2 saturated carbocycles. The minimum atomic E-state index is -0.506. The van der Waals surface area contributed by atoms with E-state index in [9.17, 15) is 4.39 Å². The molecule has 2 rings (SSSR count). The largest absolute Gasteiger partial charge is 0.247 e. The molecule has 0 aromatic heterocycles. The van der Waals surface area contributed by atoms with Crippen LogP contribution in [0.25, 0.3) is 0 Å². The van der Waals surface area contributed by atoms with Crippen molar-refractivity contribution in [2.75, 3.05) is 0 Å². The van der Waals surface area contributed by atoms with Crippen molar-refractivity contribution in [3.63, 3.8) is 0 Å². The zero-order valence-corrected chi connectivity index (χ0v) is 10.4. The Kier molecular flexibility index (Phi) is 3.10. The van der Waals surface area contributed by atoms with Crippen molar-refractivity contribution >= 4 is 0 Å². The van der Waals surface area contributed by atoms with Gasteiger partial charge in [0.15, 0.2) is 0 Å². The minimum Gasteiger partial charge on any atom is -0.247 e. The lowest BCUT2D eigenvalue weighted by Gasteiger charge is -2.53. The zero-order chi connectivity index (χ0) is 11.1. The highest BCUT2D eigenvalue weighted by atomic mass is 19.1. The van der Waals surface area contributed by atoms with Crippen molar-refractivity contribution in [2.45, 2.75) is 65.5 Å². The van der Waals surface area contributed by atoms with Gasteiger partial charge in [0.25, 0.3) is 0 Å². The second-order valence-electron chi connectivity index (χ2n) is 6.11. The maximum atomic E-state index is 13.4. The Morgan fingerprint density at radius 2 is 2.00 bits per heavy atom. The summed E-state index contributed by atoms with van der Waals surface area (Å²) >= 11 is 0. The molecule has 0 spiro atoms. The highest BCUT2D eigenvalue weighted by Gasteiger charge is 2.48. The average Bonchev–Trinajstić information content (AvgIpc) is 2.22. The van der Waals surface area contributed by atoms with E-state index in [0.29, 0.717) is 11.3 Å². The van der Waals surface area contributed by atoms with E-state index < -0.39 is 6.17 Å². The van der Waals surface area contributed by atoms with Crippen LogP contribution in [0, 0.1) is 23.2 Å². The Morgan fingerprint density at radius 1 is 1.27 bits per heavy atom. The van der Waals surface area contributed by atoms with Crippen LogP contribution in [0.2, 0.25) is 0 Å². The fourth-order valence-corrected chi connectivity index (χ4v) is 4.18.